The predicted octanol–water partition coefficient (Wildman–Crippen LogP) is 3.84. The minimum Gasteiger partial charge on any atom is -0.491 e. The first-order valence-electron chi connectivity index (χ1n) is 9.80. The first-order valence-corrected chi connectivity index (χ1v) is 9.80. The van der Waals surface area contributed by atoms with Crippen LogP contribution in [0.3, 0.4) is 0 Å². The van der Waals surface area contributed by atoms with Gasteiger partial charge in [-0.2, -0.15) is 5.10 Å². The summed E-state index contributed by atoms with van der Waals surface area (Å²) in [6.45, 7) is 3.94. The van der Waals surface area contributed by atoms with Gasteiger partial charge in [0.15, 0.2) is 11.6 Å². The van der Waals surface area contributed by atoms with E-state index in [2.05, 4.69) is 30.7 Å². The van der Waals surface area contributed by atoms with Crippen molar-refractivity contribution in [1.29, 1.82) is 0 Å². The summed E-state index contributed by atoms with van der Waals surface area (Å²) >= 11 is 0. The molecule has 0 spiro atoms. The molecule has 168 valence electrons. The predicted molar refractivity (Wildman–Crippen MR) is 122 cm³/mol. The van der Waals surface area contributed by atoms with Crippen LogP contribution in [0.25, 0.3) is 10.9 Å². The second-order valence-electron chi connectivity index (χ2n) is 6.66. The van der Waals surface area contributed by atoms with Crippen LogP contribution in [0.4, 0.5) is 16.0 Å². The van der Waals surface area contributed by atoms with E-state index < -0.39 is 5.82 Å². The van der Waals surface area contributed by atoms with Crippen molar-refractivity contribution in [1.82, 2.24) is 30.0 Å². The third-order valence-electron chi connectivity index (χ3n) is 4.36. The van der Waals surface area contributed by atoms with Gasteiger partial charge >= 0.3 is 0 Å². The summed E-state index contributed by atoms with van der Waals surface area (Å²) in [4.78, 5) is 12.6. The number of nitrogens with zero attached hydrogens (tertiary/aromatic N) is 5. The van der Waals surface area contributed by atoms with E-state index in [1.165, 1.54) is 18.6 Å². The maximum Gasteiger partial charge on any atom is 0.256 e. The van der Waals surface area contributed by atoms with Crippen molar-refractivity contribution in [3.05, 3.63) is 54.9 Å². The van der Waals surface area contributed by atoms with Crippen molar-refractivity contribution >= 4 is 34.9 Å². The summed E-state index contributed by atoms with van der Waals surface area (Å²) in [6.07, 6.45) is 4.72. The third kappa shape index (κ3) is 5.59. The highest BCUT2D eigenvalue weighted by atomic mass is 35.5. The summed E-state index contributed by atoms with van der Waals surface area (Å²) in [5.41, 5.74) is 0.707. The SMILES string of the molecule is CCNCCOc1cnc(Oc2ccc3ncnc(Nc4ccn(C)n4)c3c2)c(F)c1.Cl. The number of hydrogen-bond acceptors (Lipinski definition) is 8. The molecular formula is C21H23ClFN7O2. The Hall–Kier alpha value is -3.50. The van der Waals surface area contributed by atoms with E-state index in [9.17, 15) is 4.39 Å². The van der Waals surface area contributed by atoms with Crippen LogP contribution >= 0.6 is 12.4 Å². The molecule has 0 saturated carbocycles. The molecule has 0 radical (unpaired) electrons. The molecule has 3 heterocycles. The van der Waals surface area contributed by atoms with Gasteiger partial charge in [0.05, 0.1) is 11.7 Å². The van der Waals surface area contributed by atoms with Gasteiger partial charge in [0.2, 0.25) is 0 Å². The third-order valence-corrected chi connectivity index (χ3v) is 4.36. The number of aryl methyl sites for hydroxylation is 1. The van der Waals surface area contributed by atoms with Crippen LogP contribution in [0, 0.1) is 5.82 Å². The highest BCUT2D eigenvalue weighted by Crippen LogP contribution is 2.30. The molecule has 2 N–H and O–H groups in total. The summed E-state index contributed by atoms with van der Waals surface area (Å²) in [6, 6.07) is 8.28. The normalized spacial score (nSPS) is 10.6. The highest BCUT2D eigenvalue weighted by molar-refractivity contribution is 5.91. The first kappa shape index (κ1) is 23.2. The number of aromatic nitrogens is 5. The van der Waals surface area contributed by atoms with Crippen molar-refractivity contribution in [3.63, 3.8) is 0 Å². The number of benzene rings is 1. The quantitative estimate of drug-likeness (QED) is 0.364. The van der Waals surface area contributed by atoms with Gasteiger partial charge in [-0.1, -0.05) is 6.92 Å². The lowest BCUT2D eigenvalue weighted by Crippen LogP contribution is -2.20. The van der Waals surface area contributed by atoms with E-state index in [0.717, 1.165) is 6.54 Å². The zero-order valence-electron chi connectivity index (χ0n) is 17.6. The molecule has 32 heavy (non-hydrogen) atoms. The lowest BCUT2D eigenvalue weighted by Gasteiger charge is -2.10. The lowest BCUT2D eigenvalue weighted by molar-refractivity contribution is 0.310. The molecule has 3 aromatic heterocycles. The number of pyridine rings is 1. The Morgan fingerprint density at radius 3 is 2.72 bits per heavy atom. The molecule has 0 aliphatic heterocycles. The minimum atomic E-state index is -0.614. The molecule has 0 bridgehead atoms. The fourth-order valence-corrected chi connectivity index (χ4v) is 2.89. The Morgan fingerprint density at radius 2 is 1.97 bits per heavy atom. The van der Waals surface area contributed by atoms with Crippen LogP contribution in [-0.4, -0.2) is 44.4 Å². The Bertz CT molecular complexity index is 1190. The lowest BCUT2D eigenvalue weighted by atomic mass is 10.2. The average molecular weight is 460 g/mol. The van der Waals surface area contributed by atoms with E-state index in [1.54, 1.807) is 22.9 Å². The fourth-order valence-electron chi connectivity index (χ4n) is 2.89. The second kappa shape index (κ2) is 10.7. The molecule has 0 amide bonds. The van der Waals surface area contributed by atoms with Gasteiger partial charge in [-0.05, 0) is 24.7 Å². The molecule has 0 unspecified atom stereocenters. The molecular weight excluding hydrogens is 437 g/mol. The number of anilines is 2. The summed E-state index contributed by atoms with van der Waals surface area (Å²) in [5, 5.41) is 11.3. The molecule has 1 aromatic carbocycles. The molecule has 4 rings (SSSR count). The van der Waals surface area contributed by atoms with Crippen molar-refractivity contribution in [3.8, 4) is 17.4 Å². The van der Waals surface area contributed by atoms with Crippen LogP contribution in [0.5, 0.6) is 17.4 Å². The Labute approximate surface area is 190 Å². The standard InChI is InChI=1S/C21H22FN7O2.ClH/c1-3-23-7-9-30-15-11-17(22)21(24-12-15)31-14-4-5-18-16(10-14)20(26-13-25-18)27-19-6-8-29(2)28-19;/h4-6,8,10-13,23H,3,7,9H2,1-2H3,(H,25,26,27,28);1H. The topological polar surface area (TPSA) is 99.0 Å². The molecule has 0 aliphatic rings. The maximum absolute atomic E-state index is 14.5. The molecule has 9 nitrogen and oxygen atoms in total. The molecule has 11 heteroatoms. The monoisotopic (exact) mass is 459 g/mol. The van der Waals surface area contributed by atoms with Crippen LogP contribution in [0.1, 0.15) is 6.92 Å². The van der Waals surface area contributed by atoms with Crippen LogP contribution in [0.15, 0.2) is 49.1 Å². The zero-order chi connectivity index (χ0) is 21.6. The van der Waals surface area contributed by atoms with Gasteiger partial charge in [0.1, 0.15) is 30.3 Å². The van der Waals surface area contributed by atoms with Crippen molar-refractivity contribution in [2.45, 2.75) is 6.92 Å². The van der Waals surface area contributed by atoms with Crippen molar-refractivity contribution < 1.29 is 13.9 Å². The van der Waals surface area contributed by atoms with E-state index in [4.69, 9.17) is 9.47 Å². The number of ether oxygens (including phenoxy) is 2. The van der Waals surface area contributed by atoms with Crippen LogP contribution < -0.4 is 20.1 Å². The van der Waals surface area contributed by atoms with Crippen LogP contribution in [-0.2, 0) is 7.05 Å². The van der Waals surface area contributed by atoms with Gasteiger partial charge in [-0.3, -0.25) is 4.68 Å². The Kier molecular flexibility index (Phi) is 7.74. The number of likely N-dealkylation sites (N-methyl/N-ethyl adjacent to an activating group) is 1. The minimum absolute atomic E-state index is 0. The van der Waals surface area contributed by atoms with Gasteiger partial charge in [0, 0.05) is 37.3 Å². The smallest absolute Gasteiger partial charge is 0.256 e. The van der Waals surface area contributed by atoms with E-state index >= 15 is 0 Å². The van der Waals surface area contributed by atoms with Gasteiger partial charge in [-0.15, -0.1) is 12.4 Å². The van der Waals surface area contributed by atoms with E-state index in [-0.39, 0.29) is 18.3 Å². The van der Waals surface area contributed by atoms with E-state index in [0.29, 0.717) is 47.2 Å². The maximum atomic E-state index is 14.5. The largest absolute Gasteiger partial charge is 0.491 e. The Morgan fingerprint density at radius 1 is 1.09 bits per heavy atom. The molecule has 0 aliphatic carbocycles. The summed E-state index contributed by atoms with van der Waals surface area (Å²) in [7, 11) is 1.83. The summed E-state index contributed by atoms with van der Waals surface area (Å²) < 4.78 is 27.3. The second-order valence-corrected chi connectivity index (χ2v) is 6.66. The molecule has 0 saturated heterocycles. The fraction of sp³-hybridized carbons (Fsp3) is 0.238. The van der Waals surface area contributed by atoms with Crippen LogP contribution in [0.2, 0.25) is 0 Å². The van der Waals surface area contributed by atoms with Gasteiger partial charge in [-0.25, -0.2) is 19.3 Å². The Balaban J connectivity index is 0.00000289. The zero-order valence-corrected chi connectivity index (χ0v) is 18.4. The van der Waals surface area contributed by atoms with Crippen molar-refractivity contribution in [2.75, 3.05) is 25.0 Å². The highest BCUT2D eigenvalue weighted by Gasteiger charge is 2.12. The molecule has 0 atom stereocenters. The number of halogens is 2. The number of rotatable bonds is 9. The average Bonchev–Trinajstić information content (AvgIpc) is 3.18. The van der Waals surface area contributed by atoms with Gasteiger partial charge < -0.3 is 20.1 Å². The molecule has 0 fully saturated rings. The summed E-state index contributed by atoms with van der Waals surface area (Å²) in [5.74, 6) is 1.19. The first-order chi connectivity index (χ1) is 15.1. The van der Waals surface area contributed by atoms with Gasteiger partial charge in [0.25, 0.3) is 5.88 Å². The number of nitrogens with one attached hydrogen (secondary N) is 2. The molecule has 4 aromatic rings. The number of fused-ring (bicyclic) bond motifs is 1. The van der Waals surface area contributed by atoms with E-state index in [1.807, 2.05) is 26.2 Å². The number of hydrogen-bond donors (Lipinski definition) is 2. The van der Waals surface area contributed by atoms with Crippen molar-refractivity contribution in [2.24, 2.45) is 7.05 Å².